The summed E-state index contributed by atoms with van der Waals surface area (Å²) < 4.78 is 33.0. The minimum absolute atomic E-state index is 0.0657. The second-order valence-electron chi connectivity index (χ2n) is 4.08. The van der Waals surface area contributed by atoms with Crippen LogP contribution in [0.1, 0.15) is 5.69 Å². The lowest BCUT2D eigenvalue weighted by Gasteiger charge is -2.04. The molecule has 2 rings (SSSR count). The van der Waals surface area contributed by atoms with Crippen LogP contribution in [-0.2, 0) is 21.3 Å². The number of anilines is 1. The van der Waals surface area contributed by atoms with Gasteiger partial charge in [-0.1, -0.05) is 0 Å². The van der Waals surface area contributed by atoms with Crippen molar-refractivity contribution in [1.82, 2.24) is 19.7 Å². The van der Waals surface area contributed by atoms with E-state index in [4.69, 9.17) is 4.74 Å². The van der Waals surface area contributed by atoms with Crippen LogP contribution >= 0.6 is 0 Å². The zero-order valence-corrected chi connectivity index (χ0v) is 12.0. The number of aromatic nitrogens is 4. The van der Waals surface area contributed by atoms with Crippen LogP contribution in [0.2, 0.25) is 0 Å². The summed E-state index contributed by atoms with van der Waals surface area (Å²) in [6, 6.07) is 0. The molecule has 1 N–H and O–H groups in total. The molecule has 0 aliphatic rings. The lowest BCUT2D eigenvalue weighted by Crippen LogP contribution is -2.13. The zero-order chi connectivity index (χ0) is 14.6. The average molecular weight is 297 g/mol. The minimum atomic E-state index is -3.71. The van der Waals surface area contributed by atoms with E-state index in [-0.39, 0.29) is 10.7 Å². The van der Waals surface area contributed by atoms with Crippen molar-refractivity contribution in [1.29, 1.82) is 0 Å². The van der Waals surface area contributed by atoms with Crippen LogP contribution < -0.4 is 4.72 Å². The molecule has 0 saturated heterocycles. The molecule has 0 amide bonds. The molecule has 20 heavy (non-hydrogen) atoms. The molecule has 2 heterocycles. The van der Waals surface area contributed by atoms with E-state index in [0.717, 1.165) is 0 Å². The first-order valence-corrected chi connectivity index (χ1v) is 7.32. The van der Waals surface area contributed by atoms with E-state index >= 15 is 0 Å². The molecule has 0 unspecified atom stereocenters. The molecule has 0 aliphatic heterocycles. The number of methoxy groups -OCH3 is 1. The molecule has 0 spiro atoms. The van der Waals surface area contributed by atoms with Gasteiger partial charge in [-0.25, -0.2) is 13.4 Å². The van der Waals surface area contributed by atoms with Crippen LogP contribution in [-0.4, -0.2) is 41.9 Å². The van der Waals surface area contributed by atoms with Gasteiger partial charge in [-0.15, -0.1) is 0 Å². The Hall–Kier alpha value is -2.00. The number of rotatable bonds is 6. The normalized spacial score (nSPS) is 11.5. The summed E-state index contributed by atoms with van der Waals surface area (Å²) in [6.07, 6.45) is 5.56. The Bertz CT molecular complexity index is 666. The maximum atomic E-state index is 12.1. The van der Waals surface area contributed by atoms with Gasteiger partial charge in [-0.3, -0.25) is 14.4 Å². The van der Waals surface area contributed by atoms with E-state index in [0.29, 0.717) is 18.8 Å². The van der Waals surface area contributed by atoms with Gasteiger partial charge in [0.1, 0.15) is 4.90 Å². The summed E-state index contributed by atoms with van der Waals surface area (Å²) in [4.78, 5) is 7.99. The summed E-state index contributed by atoms with van der Waals surface area (Å²) in [5, 5.41) is 3.96. The predicted molar refractivity (Wildman–Crippen MR) is 71.7 cm³/mol. The third-order valence-electron chi connectivity index (χ3n) is 2.46. The van der Waals surface area contributed by atoms with E-state index in [1.807, 2.05) is 0 Å². The second kappa shape index (κ2) is 5.97. The quantitative estimate of drug-likeness (QED) is 0.830. The Morgan fingerprint density at radius 3 is 2.75 bits per heavy atom. The number of ether oxygens (including phenoxy) is 1. The SMILES string of the molecule is COCCn1cc(S(=O)(=O)Nc2cnc(C)cn2)cn1. The molecular formula is C11H15N5O3S. The first-order valence-electron chi connectivity index (χ1n) is 5.84. The average Bonchev–Trinajstić information content (AvgIpc) is 2.88. The van der Waals surface area contributed by atoms with Gasteiger partial charge >= 0.3 is 0 Å². The van der Waals surface area contributed by atoms with Gasteiger partial charge in [-0.05, 0) is 6.92 Å². The van der Waals surface area contributed by atoms with Gasteiger partial charge < -0.3 is 4.74 Å². The molecular weight excluding hydrogens is 282 g/mol. The van der Waals surface area contributed by atoms with Gasteiger partial charge in [0.05, 0.1) is 37.4 Å². The second-order valence-corrected chi connectivity index (χ2v) is 5.76. The predicted octanol–water partition coefficient (Wildman–Crippen LogP) is 0.429. The largest absolute Gasteiger partial charge is 0.383 e. The van der Waals surface area contributed by atoms with Crippen LogP contribution in [0, 0.1) is 6.92 Å². The van der Waals surface area contributed by atoms with E-state index in [2.05, 4.69) is 19.8 Å². The van der Waals surface area contributed by atoms with E-state index in [1.165, 1.54) is 29.5 Å². The van der Waals surface area contributed by atoms with Crippen molar-refractivity contribution in [3.8, 4) is 0 Å². The number of sulfonamides is 1. The summed E-state index contributed by atoms with van der Waals surface area (Å²) in [5.74, 6) is 0.167. The van der Waals surface area contributed by atoms with Crippen LogP contribution in [0.4, 0.5) is 5.82 Å². The van der Waals surface area contributed by atoms with Crippen molar-refractivity contribution in [2.75, 3.05) is 18.4 Å². The highest BCUT2D eigenvalue weighted by Crippen LogP contribution is 2.12. The molecule has 2 aromatic heterocycles. The molecule has 0 saturated carbocycles. The van der Waals surface area contributed by atoms with Gasteiger partial charge in [0.15, 0.2) is 5.82 Å². The fraction of sp³-hybridized carbons (Fsp3) is 0.364. The first-order chi connectivity index (χ1) is 9.51. The molecule has 0 atom stereocenters. The number of hydrogen-bond acceptors (Lipinski definition) is 6. The molecule has 0 radical (unpaired) electrons. The smallest absolute Gasteiger partial charge is 0.266 e. The highest BCUT2D eigenvalue weighted by atomic mass is 32.2. The fourth-order valence-electron chi connectivity index (χ4n) is 1.43. The first kappa shape index (κ1) is 14.4. The molecule has 8 nitrogen and oxygen atoms in total. The number of nitrogens with one attached hydrogen (secondary N) is 1. The lowest BCUT2D eigenvalue weighted by molar-refractivity contribution is 0.183. The maximum absolute atomic E-state index is 12.1. The summed E-state index contributed by atoms with van der Waals surface area (Å²) in [6.45, 7) is 2.71. The van der Waals surface area contributed by atoms with Crippen LogP contribution in [0.3, 0.4) is 0 Å². The number of nitrogens with zero attached hydrogens (tertiary/aromatic N) is 4. The van der Waals surface area contributed by atoms with E-state index in [1.54, 1.807) is 14.0 Å². The van der Waals surface area contributed by atoms with Gasteiger partial charge in [0.25, 0.3) is 10.0 Å². The molecule has 0 bridgehead atoms. The molecule has 0 fully saturated rings. The highest BCUT2D eigenvalue weighted by Gasteiger charge is 2.17. The van der Waals surface area contributed by atoms with Crippen molar-refractivity contribution >= 4 is 15.8 Å². The number of hydrogen-bond donors (Lipinski definition) is 1. The van der Waals surface area contributed by atoms with Gasteiger partial charge in [0.2, 0.25) is 0 Å². The van der Waals surface area contributed by atoms with Crippen LogP contribution in [0.15, 0.2) is 29.7 Å². The summed E-state index contributed by atoms with van der Waals surface area (Å²) >= 11 is 0. The monoisotopic (exact) mass is 297 g/mol. The molecule has 9 heteroatoms. The topological polar surface area (TPSA) is 99.0 Å². The van der Waals surface area contributed by atoms with Crippen molar-refractivity contribution in [3.63, 3.8) is 0 Å². The standard InChI is InChI=1S/C11H15N5O3S/c1-9-5-13-11(7-12-9)15-20(17,18)10-6-14-16(8-10)3-4-19-2/h5-8H,3-4H2,1-2H3,(H,13,15). The van der Waals surface area contributed by atoms with E-state index < -0.39 is 10.0 Å². The Kier molecular flexibility index (Phi) is 4.30. The molecule has 2 aromatic rings. The fourth-order valence-corrected chi connectivity index (χ4v) is 2.38. The minimum Gasteiger partial charge on any atom is -0.383 e. The van der Waals surface area contributed by atoms with Crippen LogP contribution in [0.25, 0.3) is 0 Å². The molecule has 108 valence electrons. The molecule has 0 aromatic carbocycles. The summed E-state index contributed by atoms with van der Waals surface area (Å²) in [5.41, 5.74) is 0.709. The van der Waals surface area contributed by atoms with Crippen molar-refractivity contribution < 1.29 is 13.2 Å². The van der Waals surface area contributed by atoms with Gasteiger partial charge in [-0.2, -0.15) is 5.10 Å². The van der Waals surface area contributed by atoms with Crippen LogP contribution in [0.5, 0.6) is 0 Å². The Labute approximate surface area is 116 Å². The Morgan fingerprint density at radius 2 is 2.10 bits per heavy atom. The van der Waals surface area contributed by atoms with Crippen molar-refractivity contribution in [2.24, 2.45) is 0 Å². The molecule has 0 aliphatic carbocycles. The summed E-state index contributed by atoms with van der Waals surface area (Å²) in [7, 11) is -2.14. The van der Waals surface area contributed by atoms with E-state index in [9.17, 15) is 8.42 Å². The highest BCUT2D eigenvalue weighted by molar-refractivity contribution is 7.92. The Balaban J connectivity index is 2.13. The van der Waals surface area contributed by atoms with Gasteiger partial charge in [0, 0.05) is 13.3 Å². The van der Waals surface area contributed by atoms with Crippen molar-refractivity contribution in [3.05, 3.63) is 30.5 Å². The third-order valence-corrected chi connectivity index (χ3v) is 3.77. The Morgan fingerprint density at radius 1 is 1.30 bits per heavy atom. The third kappa shape index (κ3) is 3.52. The lowest BCUT2D eigenvalue weighted by atomic mass is 10.5. The maximum Gasteiger partial charge on any atom is 0.266 e. The zero-order valence-electron chi connectivity index (χ0n) is 11.1. The van der Waals surface area contributed by atoms with Crippen molar-refractivity contribution in [2.45, 2.75) is 18.4 Å². The number of aryl methyl sites for hydroxylation is 1.